The third kappa shape index (κ3) is 6.38. The van der Waals surface area contributed by atoms with Crippen molar-refractivity contribution in [1.29, 1.82) is 0 Å². The van der Waals surface area contributed by atoms with E-state index < -0.39 is 11.0 Å². The van der Waals surface area contributed by atoms with E-state index in [1.165, 1.54) is 0 Å². The first-order valence-corrected chi connectivity index (χ1v) is 9.36. The van der Waals surface area contributed by atoms with E-state index in [0.29, 0.717) is 31.0 Å². The quantitative estimate of drug-likeness (QED) is 0.269. The molecule has 0 unspecified atom stereocenters. The zero-order valence-electron chi connectivity index (χ0n) is 15.8. The van der Waals surface area contributed by atoms with Gasteiger partial charge < -0.3 is 15.4 Å². The number of halogens is 1. The molecule has 1 aromatic heterocycles. The van der Waals surface area contributed by atoms with Gasteiger partial charge >= 0.3 is 11.8 Å². The molecule has 0 aliphatic heterocycles. The average Bonchev–Trinajstić information content (AvgIpc) is 2.62. The Labute approximate surface area is 168 Å². The molecule has 2 rings (SSSR count). The maximum Gasteiger partial charge on any atom is 0.407 e. The molecule has 0 fully saturated rings. The van der Waals surface area contributed by atoms with E-state index >= 15 is 0 Å². The van der Waals surface area contributed by atoms with Crippen LogP contribution in [-0.2, 0) is 11.2 Å². The summed E-state index contributed by atoms with van der Waals surface area (Å²) in [4.78, 5) is 26.1. The Hall–Kier alpha value is -2.87. The summed E-state index contributed by atoms with van der Waals surface area (Å²) in [6.07, 6.45) is 2.05. The van der Waals surface area contributed by atoms with Crippen molar-refractivity contribution < 1.29 is 14.5 Å². The molecular formula is C19H23ClN4O4. The summed E-state index contributed by atoms with van der Waals surface area (Å²) in [5, 5.41) is 16.8. The number of benzene rings is 1. The maximum atomic E-state index is 11.5. The number of carbonyl (C=O) groups is 1. The van der Waals surface area contributed by atoms with Gasteiger partial charge in [0.15, 0.2) is 0 Å². The van der Waals surface area contributed by atoms with Gasteiger partial charge in [-0.15, -0.1) is 0 Å². The smallest absolute Gasteiger partial charge is 0.407 e. The number of nitrogens with zero attached hydrogens (tertiary/aromatic N) is 2. The van der Waals surface area contributed by atoms with Crippen LogP contribution in [-0.4, -0.2) is 29.2 Å². The largest absolute Gasteiger partial charge is 0.450 e. The Bertz CT molecular complexity index is 827. The molecule has 1 aromatic carbocycles. The molecule has 1 amide bonds. The molecule has 8 nitrogen and oxygen atoms in total. The lowest BCUT2D eigenvalue weighted by atomic mass is 10.1. The standard InChI is InChI=1S/C19H23ClN4O4/c1-3-4-11-28-19(25)21-10-9-14-5-7-15(8-6-14)23-16-12-13(2)22-18(20)17(16)24(26)27/h5-8,12H,3-4,9-11H2,1-2H3,(H,21,25)(H,22,23). The van der Waals surface area contributed by atoms with E-state index in [4.69, 9.17) is 16.3 Å². The summed E-state index contributed by atoms with van der Waals surface area (Å²) < 4.78 is 5.02. The minimum absolute atomic E-state index is 0.152. The lowest BCUT2D eigenvalue weighted by molar-refractivity contribution is -0.384. The number of aryl methyl sites for hydroxylation is 1. The summed E-state index contributed by atoms with van der Waals surface area (Å²) in [6, 6.07) is 8.96. The normalized spacial score (nSPS) is 10.4. The SMILES string of the molecule is CCCCOC(=O)NCCc1ccc(Nc2cc(C)nc(Cl)c2[N+](=O)[O-])cc1. The van der Waals surface area contributed by atoms with Crippen molar-refractivity contribution in [2.75, 3.05) is 18.5 Å². The molecule has 150 valence electrons. The number of aromatic nitrogens is 1. The first-order valence-electron chi connectivity index (χ1n) is 8.98. The molecule has 0 aliphatic carbocycles. The van der Waals surface area contributed by atoms with Gasteiger partial charge in [0.25, 0.3) is 0 Å². The van der Waals surface area contributed by atoms with Crippen LogP contribution in [0.3, 0.4) is 0 Å². The first-order chi connectivity index (χ1) is 13.4. The lowest BCUT2D eigenvalue weighted by Gasteiger charge is -2.10. The van der Waals surface area contributed by atoms with Crippen LogP contribution in [0.15, 0.2) is 30.3 Å². The molecule has 1 heterocycles. The highest BCUT2D eigenvalue weighted by atomic mass is 35.5. The minimum Gasteiger partial charge on any atom is -0.450 e. The van der Waals surface area contributed by atoms with Crippen LogP contribution in [0.4, 0.5) is 21.9 Å². The van der Waals surface area contributed by atoms with Crippen LogP contribution in [0.2, 0.25) is 5.15 Å². The molecule has 0 radical (unpaired) electrons. The van der Waals surface area contributed by atoms with Crippen molar-refractivity contribution >= 4 is 34.8 Å². The maximum absolute atomic E-state index is 11.5. The van der Waals surface area contributed by atoms with Crippen LogP contribution >= 0.6 is 11.6 Å². The van der Waals surface area contributed by atoms with Crippen molar-refractivity contribution in [3.63, 3.8) is 0 Å². The van der Waals surface area contributed by atoms with Gasteiger partial charge in [-0.05, 0) is 43.5 Å². The molecule has 0 saturated carbocycles. The topological polar surface area (TPSA) is 106 Å². The molecule has 9 heteroatoms. The van der Waals surface area contributed by atoms with Gasteiger partial charge in [-0.2, -0.15) is 0 Å². The minimum atomic E-state index is -0.559. The molecule has 2 aromatic rings. The van der Waals surface area contributed by atoms with Crippen molar-refractivity contribution in [2.45, 2.75) is 33.1 Å². The predicted octanol–water partition coefficient (Wildman–Crippen LogP) is 4.76. The zero-order chi connectivity index (χ0) is 20.5. The third-order valence-electron chi connectivity index (χ3n) is 3.91. The highest BCUT2D eigenvalue weighted by Gasteiger charge is 2.21. The van der Waals surface area contributed by atoms with Gasteiger partial charge in [0.05, 0.1) is 11.5 Å². The van der Waals surface area contributed by atoms with Gasteiger partial charge in [-0.3, -0.25) is 10.1 Å². The fourth-order valence-corrected chi connectivity index (χ4v) is 2.78. The number of ether oxygens (including phenoxy) is 1. The predicted molar refractivity (Wildman–Crippen MR) is 108 cm³/mol. The lowest BCUT2D eigenvalue weighted by Crippen LogP contribution is -2.26. The molecule has 2 N–H and O–H groups in total. The molecule has 28 heavy (non-hydrogen) atoms. The monoisotopic (exact) mass is 406 g/mol. The number of amides is 1. The molecule has 0 spiro atoms. The van der Waals surface area contributed by atoms with Crippen LogP contribution in [0.1, 0.15) is 31.0 Å². The number of hydrogen-bond donors (Lipinski definition) is 2. The Morgan fingerprint density at radius 2 is 2.04 bits per heavy atom. The zero-order valence-corrected chi connectivity index (χ0v) is 16.6. The summed E-state index contributed by atoms with van der Waals surface area (Å²) >= 11 is 5.91. The molecule has 0 atom stereocenters. The van der Waals surface area contributed by atoms with Gasteiger partial charge in [0.2, 0.25) is 5.15 Å². The summed E-state index contributed by atoms with van der Waals surface area (Å²) in [6.45, 7) is 4.63. The van der Waals surface area contributed by atoms with E-state index in [1.807, 2.05) is 31.2 Å². The number of rotatable bonds is 9. The Balaban J connectivity index is 1.93. The van der Waals surface area contributed by atoms with Gasteiger partial charge in [-0.25, -0.2) is 9.78 Å². The molecular weight excluding hydrogens is 384 g/mol. The van der Waals surface area contributed by atoms with E-state index in [0.717, 1.165) is 18.4 Å². The molecule has 0 bridgehead atoms. The molecule has 0 saturated heterocycles. The Morgan fingerprint density at radius 3 is 2.68 bits per heavy atom. The third-order valence-corrected chi connectivity index (χ3v) is 4.17. The van der Waals surface area contributed by atoms with Crippen molar-refractivity contribution in [1.82, 2.24) is 10.3 Å². The Kier molecular flexibility index (Phi) is 8.01. The van der Waals surface area contributed by atoms with Crippen molar-refractivity contribution in [2.24, 2.45) is 0 Å². The van der Waals surface area contributed by atoms with Crippen molar-refractivity contribution in [3.8, 4) is 0 Å². The van der Waals surface area contributed by atoms with Crippen LogP contribution < -0.4 is 10.6 Å². The number of nitrogens with one attached hydrogen (secondary N) is 2. The molecule has 0 aliphatic rings. The number of carbonyl (C=O) groups excluding carboxylic acids is 1. The highest BCUT2D eigenvalue weighted by molar-refractivity contribution is 6.32. The first kappa shape index (κ1) is 21.4. The highest BCUT2D eigenvalue weighted by Crippen LogP contribution is 2.33. The van der Waals surface area contributed by atoms with Crippen molar-refractivity contribution in [3.05, 3.63) is 56.9 Å². The number of pyridine rings is 1. The van der Waals surface area contributed by atoms with E-state index in [2.05, 4.69) is 15.6 Å². The summed E-state index contributed by atoms with van der Waals surface area (Å²) in [7, 11) is 0. The summed E-state index contributed by atoms with van der Waals surface area (Å²) in [5.41, 5.74) is 2.29. The average molecular weight is 407 g/mol. The van der Waals surface area contributed by atoms with Gasteiger partial charge in [0, 0.05) is 17.9 Å². The second-order valence-electron chi connectivity index (χ2n) is 6.20. The fourth-order valence-electron chi connectivity index (χ4n) is 2.48. The second kappa shape index (κ2) is 10.5. The van der Waals surface area contributed by atoms with Crippen LogP contribution in [0, 0.1) is 17.0 Å². The van der Waals surface area contributed by atoms with Crippen LogP contribution in [0.5, 0.6) is 0 Å². The number of nitro groups is 1. The Morgan fingerprint density at radius 1 is 1.32 bits per heavy atom. The number of hydrogen-bond acceptors (Lipinski definition) is 6. The van der Waals surface area contributed by atoms with Crippen LogP contribution in [0.25, 0.3) is 0 Å². The van der Waals surface area contributed by atoms with E-state index in [9.17, 15) is 14.9 Å². The number of unbranched alkanes of at least 4 members (excludes halogenated alkanes) is 1. The van der Waals surface area contributed by atoms with E-state index in [1.54, 1.807) is 13.0 Å². The summed E-state index contributed by atoms with van der Waals surface area (Å²) in [5.74, 6) is 0. The fraction of sp³-hybridized carbons (Fsp3) is 0.368. The number of alkyl carbamates (subject to hydrolysis) is 1. The number of anilines is 2. The van der Waals surface area contributed by atoms with Gasteiger partial charge in [-0.1, -0.05) is 37.1 Å². The van der Waals surface area contributed by atoms with E-state index in [-0.39, 0.29) is 16.5 Å². The second-order valence-corrected chi connectivity index (χ2v) is 6.55. The van der Waals surface area contributed by atoms with Gasteiger partial charge in [0.1, 0.15) is 5.69 Å².